The molecule has 26 heavy (non-hydrogen) atoms. The molecule has 0 N–H and O–H groups in total. The molecule has 0 bridgehead atoms. The molecule has 3 aromatic rings. The van der Waals surface area contributed by atoms with Gasteiger partial charge in [-0.05, 0) is 30.7 Å². The van der Waals surface area contributed by atoms with Crippen LogP contribution in [0, 0.1) is 0 Å². The zero-order valence-electron chi connectivity index (χ0n) is 14.3. The molecular weight excluding hydrogens is 376 g/mol. The Morgan fingerprint density at radius 2 is 1.85 bits per heavy atom. The average molecular weight is 393 g/mol. The van der Waals surface area contributed by atoms with E-state index in [9.17, 15) is 13.2 Å². The molecule has 0 atom stereocenters. The van der Waals surface area contributed by atoms with Gasteiger partial charge in [-0.15, -0.1) is 0 Å². The van der Waals surface area contributed by atoms with Crippen molar-refractivity contribution in [2.45, 2.75) is 12.7 Å². The summed E-state index contributed by atoms with van der Waals surface area (Å²) >= 11 is 6.00. The lowest BCUT2D eigenvalue weighted by atomic mass is 10.1. The third-order valence-electron chi connectivity index (χ3n) is 3.89. The van der Waals surface area contributed by atoms with E-state index in [0.29, 0.717) is 32.9 Å². The van der Waals surface area contributed by atoms with Gasteiger partial charge in [0.25, 0.3) is 15.7 Å². The van der Waals surface area contributed by atoms with Crippen molar-refractivity contribution in [3.05, 3.63) is 63.4 Å². The SMILES string of the molecule is CCOS(=O)(=O)Cc1ccc(-c2nc3cc(Cl)ccc3c(=O)n2C)cc1. The molecule has 0 aliphatic carbocycles. The standard InChI is InChI=1S/C18H17ClN2O4S/c1-3-25-26(23,24)11-12-4-6-13(7-5-12)17-20-16-10-14(19)8-9-15(16)18(22)21(17)2/h4-10H,3,11H2,1-2H3. The third-order valence-corrected chi connectivity index (χ3v) is 5.41. The molecule has 0 aliphatic rings. The predicted octanol–water partition coefficient (Wildman–Crippen LogP) is 3.12. The van der Waals surface area contributed by atoms with Crippen molar-refractivity contribution in [1.29, 1.82) is 0 Å². The summed E-state index contributed by atoms with van der Waals surface area (Å²) in [6.07, 6.45) is 0. The van der Waals surface area contributed by atoms with E-state index in [1.54, 1.807) is 56.4 Å². The molecule has 6 nitrogen and oxygen atoms in total. The minimum absolute atomic E-state index is 0.103. The molecule has 0 spiro atoms. The van der Waals surface area contributed by atoms with Gasteiger partial charge in [-0.1, -0.05) is 35.9 Å². The number of halogens is 1. The van der Waals surface area contributed by atoms with Crippen molar-refractivity contribution >= 4 is 32.6 Å². The highest BCUT2D eigenvalue weighted by atomic mass is 35.5. The number of hydrogen-bond acceptors (Lipinski definition) is 5. The van der Waals surface area contributed by atoms with Crippen LogP contribution < -0.4 is 5.56 Å². The zero-order chi connectivity index (χ0) is 18.9. The van der Waals surface area contributed by atoms with Gasteiger partial charge in [0.1, 0.15) is 11.6 Å². The van der Waals surface area contributed by atoms with Crippen LogP contribution in [0.1, 0.15) is 12.5 Å². The Morgan fingerprint density at radius 1 is 1.15 bits per heavy atom. The first-order chi connectivity index (χ1) is 12.3. The van der Waals surface area contributed by atoms with E-state index in [0.717, 1.165) is 0 Å². The summed E-state index contributed by atoms with van der Waals surface area (Å²) in [4.78, 5) is 17.1. The Hall–Kier alpha value is -2.22. The lowest BCUT2D eigenvalue weighted by Crippen LogP contribution is -2.20. The molecule has 8 heteroatoms. The summed E-state index contributed by atoms with van der Waals surface area (Å²) in [6.45, 7) is 1.73. The quantitative estimate of drug-likeness (QED) is 0.623. The van der Waals surface area contributed by atoms with Gasteiger partial charge in [0.15, 0.2) is 0 Å². The Bertz CT molecular complexity index is 1120. The van der Waals surface area contributed by atoms with E-state index in [-0.39, 0.29) is 17.9 Å². The fraction of sp³-hybridized carbons (Fsp3) is 0.222. The van der Waals surface area contributed by atoms with Crippen molar-refractivity contribution in [1.82, 2.24) is 9.55 Å². The van der Waals surface area contributed by atoms with Crippen molar-refractivity contribution < 1.29 is 12.6 Å². The fourth-order valence-electron chi connectivity index (χ4n) is 2.68. The minimum Gasteiger partial charge on any atom is -0.295 e. The predicted molar refractivity (Wildman–Crippen MR) is 102 cm³/mol. The van der Waals surface area contributed by atoms with Crippen LogP contribution in [0.2, 0.25) is 5.02 Å². The molecule has 136 valence electrons. The van der Waals surface area contributed by atoms with Crippen molar-refractivity contribution in [3.63, 3.8) is 0 Å². The number of rotatable bonds is 5. The molecule has 0 unspecified atom stereocenters. The number of nitrogens with zero attached hydrogens (tertiary/aromatic N) is 2. The Morgan fingerprint density at radius 3 is 2.50 bits per heavy atom. The van der Waals surface area contributed by atoms with Gasteiger partial charge in [-0.2, -0.15) is 8.42 Å². The van der Waals surface area contributed by atoms with Crippen LogP contribution in [0.5, 0.6) is 0 Å². The molecule has 0 fully saturated rings. The van der Waals surface area contributed by atoms with Gasteiger partial charge in [-0.25, -0.2) is 4.98 Å². The minimum atomic E-state index is -3.60. The van der Waals surface area contributed by atoms with E-state index in [2.05, 4.69) is 4.98 Å². The normalized spacial score (nSPS) is 11.8. The highest BCUT2D eigenvalue weighted by Crippen LogP contribution is 2.21. The van der Waals surface area contributed by atoms with Crippen LogP contribution in [0.15, 0.2) is 47.3 Å². The summed E-state index contributed by atoms with van der Waals surface area (Å²) < 4.78 is 29.7. The highest BCUT2D eigenvalue weighted by Gasteiger charge is 2.13. The van der Waals surface area contributed by atoms with E-state index < -0.39 is 10.1 Å². The Balaban J connectivity index is 2.02. The zero-order valence-corrected chi connectivity index (χ0v) is 15.8. The Kier molecular flexibility index (Phi) is 5.13. The van der Waals surface area contributed by atoms with Gasteiger partial charge in [0.05, 0.1) is 17.5 Å². The number of fused-ring (bicyclic) bond motifs is 1. The summed E-state index contributed by atoms with van der Waals surface area (Å²) in [6, 6.07) is 11.8. The van der Waals surface area contributed by atoms with Gasteiger partial charge < -0.3 is 0 Å². The first kappa shape index (κ1) is 18.6. The van der Waals surface area contributed by atoms with E-state index in [1.165, 1.54) is 4.57 Å². The first-order valence-corrected chi connectivity index (χ1v) is 9.89. The molecule has 1 heterocycles. The van der Waals surface area contributed by atoms with Crippen molar-refractivity contribution in [2.24, 2.45) is 7.05 Å². The number of hydrogen-bond donors (Lipinski definition) is 0. The number of aromatic nitrogens is 2. The average Bonchev–Trinajstić information content (AvgIpc) is 2.58. The molecule has 0 saturated heterocycles. The summed E-state index contributed by atoms with van der Waals surface area (Å²) in [5.74, 6) is 0.268. The van der Waals surface area contributed by atoms with Gasteiger partial charge in [0, 0.05) is 17.6 Å². The summed E-state index contributed by atoms with van der Waals surface area (Å²) in [7, 11) is -1.95. The largest absolute Gasteiger partial charge is 0.295 e. The van der Waals surface area contributed by atoms with Gasteiger partial charge >= 0.3 is 0 Å². The lowest BCUT2D eigenvalue weighted by Gasteiger charge is -2.10. The second-order valence-corrected chi connectivity index (χ2v) is 7.84. The summed E-state index contributed by atoms with van der Waals surface area (Å²) in [5.41, 5.74) is 1.63. The molecule has 3 rings (SSSR count). The molecule has 0 aliphatic heterocycles. The van der Waals surface area contributed by atoms with Gasteiger partial charge in [-0.3, -0.25) is 13.5 Å². The van der Waals surface area contributed by atoms with Crippen LogP contribution in [0.3, 0.4) is 0 Å². The smallest absolute Gasteiger partial charge is 0.271 e. The van der Waals surface area contributed by atoms with Crippen molar-refractivity contribution in [3.8, 4) is 11.4 Å². The van der Waals surface area contributed by atoms with Crippen LogP contribution >= 0.6 is 11.6 Å². The van der Waals surface area contributed by atoms with Crippen LogP contribution in [-0.2, 0) is 27.1 Å². The van der Waals surface area contributed by atoms with Crippen LogP contribution in [0.25, 0.3) is 22.3 Å². The maximum absolute atomic E-state index is 12.5. The monoisotopic (exact) mass is 392 g/mol. The fourth-order valence-corrected chi connectivity index (χ4v) is 3.89. The topological polar surface area (TPSA) is 78.3 Å². The molecule has 0 saturated carbocycles. The van der Waals surface area contributed by atoms with Crippen LogP contribution in [0.4, 0.5) is 0 Å². The van der Waals surface area contributed by atoms with Crippen LogP contribution in [-0.4, -0.2) is 24.6 Å². The maximum Gasteiger partial charge on any atom is 0.271 e. The van der Waals surface area contributed by atoms with Crippen molar-refractivity contribution in [2.75, 3.05) is 6.61 Å². The molecular formula is C18H17ClN2O4S. The number of benzene rings is 2. The van der Waals surface area contributed by atoms with E-state index >= 15 is 0 Å². The van der Waals surface area contributed by atoms with E-state index in [4.69, 9.17) is 15.8 Å². The molecule has 0 radical (unpaired) electrons. The third kappa shape index (κ3) is 3.80. The maximum atomic E-state index is 12.5. The molecule has 0 amide bonds. The highest BCUT2D eigenvalue weighted by molar-refractivity contribution is 7.85. The van der Waals surface area contributed by atoms with E-state index in [1.807, 2.05) is 0 Å². The summed E-state index contributed by atoms with van der Waals surface area (Å²) in [5, 5.41) is 0.987. The Labute approximate surface area is 156 Å². The first-order valence-electron chi connectivity index (χ1n) is 7.93. The second kappa shape index (κ2) is 7.19. The second-order valence-electron chi connectivity index (χ2n) is 5.77. The molecule has 1 aromatic heterocycles. The van der Waals surface area contributed by atoms with Gasteiger partial charge in [0.2, 0.25) is 0 Å². The molecule has 2 aromatic carbocycles. The lowest BCUT2D eigenvalue weighted by molar-refractivity contribution is 0.337.